The molecule has 0 heterocycles. The van der Waals surface area contributed by atoms with E-state index in [4.69, 9.17) is 13.8 Å². The normalized spacial score (nSPS) is 12.6. The summed E-state index contributed by atoms with van der Waals surface area (Å²) in [6.07, 6.45) is -0.0762. The van der Waals surface area contributed by atoms with E-state index >= 15 is 0 Å². The first-order valence-electron chi connectivity index (χ1n) is 9.13. The highest BCUT2D eigenvalue weighted by Crippen LogP contribution is 2.62. The Bertz CT molecular complexity index is 748. The predicted molar refractivity (Wildman–Crippen MR) is 106 cm³/mol. The third-order valence-electron chi connectivity index (χ3n) is 4.06. The van der Waals surface area contributed by atoms with Crippen molar-refractivity contribution in [3.05, 3.63) is 71.3 Å². The molecule has 27 heavy (non-hydrogen) atoms. The summed E-state index contributed by atoms with van der Waals surface area (Å²) in [4.78, 5) is 12.5. The Labute approximate surface area is 161 Å². The lowest BCUT2D eigenvalue weighted by molar-refractivity contribution is -0.145. The average Bonchev–Trinajstić information content (AvgIpc) is 2.66. The van der Waals surface area contributed by atoms with Gasteiger partial charge in [0.1, 0.15) is 6.61 Å². The molecule has 0 N–H and O–H groups in total. The van der Waals surface area contributed by atoms with Gasteiger partial charge in [0.2, 0.25) is 0 Å². The molecule has 0 aliphatic carbocycles. The summed E-state index contributed by atoms with van der Waals surface area (Å²) in [5.41, 5.74) is 2.01. The maximum absolute atomic E-state index is 13.4. The SMILES string of the molecule is CCOP(=O)(OCC)[C@H](CC(=O)OCc1ccccc1)c1ccc(C)cc1. The van der Waals surface area contributed by atoms with E-state index in [1.807, 2.05) is 61.5 Å². The molecule has 0 bridgehead atoms. The van der Waals surface area contributed by atoms with E-state index in [2.05, 4.69) is 0 Å². The standard InChI is InChI=1S/C21H27O5P/c1-4-25-27(23,26-5-2)20(19-13-11-17(3)12-14-19)15-21(22)24-16-18-9-7-6-8-10-18/h6-14,20H,4-5,15-16H2,1-3H3/t20-/m1/s1. The van der Waals surface area contributed by atoms with Gasteiger partial charge in [-0.15, -0.1) is 0 Å². The second kappa shape index (κ2) is 10.4. The monoisotopic (exact) mass is 390 g/mol. The topological polar surface area (TPSA) is 61.8 Å². The van der Waals surface area contributed by atoms with E-state index in [1.165, 1.54) is 0 Å². The van der Waals surface area contributed by atoms with Crippen LogP contribution in [-0.4, -0.2) is 19.2 Å². The first-order chi connectivity index (χ1) is 13.0. The number of ether oxygens (including phenoxy) is 1. The van der Waals surface area contributed by atoms with Gasteiger partial charge in [0, 0.05) is 0 Å². The Morgan fingerprint density at radius 3 is 2.11 bits per heavy atom. The van der Waals surface area contributed by atoms with Crippen LogP contribution in [0.15, 0.2) is 54.6 Å². The van der Waals surface area contributed by atoms with Gasteiger partial charge in [-0.05, 0) is 31.9 Å². The van der Waals surface area contributed by atoms with Gasteiger partial charge in [0.05, 0.1) is 25.3 Å². The highest BCUT2D eigenvalue weighted by molar-refractivity contribution is 7.54. The second-order valence-corrected chi connectivity index (χ2v) is 8.37. The van der Waals surface area contributed by atoms with Gasteiger partial charge >= 0.3 is 13.6 Å². The van der Waals surface area contributed by atoms with Crippen LogP contribution in [0.2, 0.25) is 0 Å². The molecule has 146 valence electrons. The molecule has 0 aliphatic heterocycles. The molecular weight excluding hydrogens is 363 g/mol. The number of hydrogen-bond acceptors (Lipinski definition) is 5. The summed E-state index contributed by atoms with van der Waals surface area (Å²) < 4.78 is 29.8. The molecule has 0 aromatic heterocycles. The minimum Gasteiger partial charge on any atom is -0.461 e. The fraction of sp³-hybridized carbons (Fsp3) is 0.381. The van der Waals surface area contributed by atoms with Gasteiger partial charge in [-0.25, -0.2) is 0 Å². The van der Waals surface area contributed by atoms with Crippen LogP contribution in [-0.2, 0) is 29.8 Å². The molecule has 2 aromatic rings. The number of esters is 1. The van der Waals surface area contributed by atoms with E-state index in [1.54, 1.807) is 13.8 Å². The van der Waals surface area contributed by atoms with Crippen molar-refractivity contribution in [1.82, 2.24) is 0 Å². The zero-order valence-corrected chi connectivity index (χ0v) is 17.0. The second-order valence-electron chi connectivity index (χ2n) is 6.15. The van der Waals surface area contributed by atoms with Gasteiger partial charge in [0.25, 0.3) is 0 Å². The lowest BCUT2D eigenvalue weighted by atomic mass is 10.1. The van der Waals surface area contributed by atoms with Crippen LogP contribution in [0.25, 0.3) is 0 Å². The molecule has 0 saturated heterocycles. The molecule has 0 amide bonds. The van der Waals surface area contributed by atoms with E-state index in [9.17, 15) is 9.36 Å². The van der Waals surface area contributed by atoms with Crippen LogP contribution in [0.4, 0.5) is 0 Å². The molecule has 0 unspecified atom stereocenters. The summed E-state index contributed by atoms with van der Waals surface area (Å²) in [5, 5.41) is 0. The molecule has 0 fully saturated rings. The Hall–Kier alpha value is -1.94. The molecule has 6 heteroatoms. The van der Waals surface area contributed by atoms with Crippen molar-refractivity contribution in [2.24, 2.45) is 0 Å². The van der Waals surface area contributed by atoms with Crippen LogP contribution in [0, 0.1) is 6.92 Å². The van der Waals surface area contributed by atoms with Crippen molar-refractivity contribution >= 4 is 13.6 Å². The number of benzene rings is 2. The van der Waals surface area contributed by atoms with Crippen molar-refractivity contribution in [3.63, 3.8) is 0 Å². The summed E-state index contributed by atoms with van der Waals surface area (Å²) in [7, 11) is -3.52. The van der Waals surface area contributed by atoms with Crippen molar-refractivity contribution in [1.29, 1.82) is 0 Å². The largest absolute Gasteiger partial charge is 0.461 e. The summed E-state index contributed by atoms with van der Waals surface area (Å²) in [6, 6.07) is 17.0. The van der Waals surface area contributed by atoms with Crippen molar-refractivity contribution in [3.8, 4) is 0 Å². The molecule has 2 rings (SSSR count). The van der Waals surface area contributed by atoms with Crippen molar-refractivity contribution in [2.75, 3.05) is 13.2 Å². The predicted octanol–water partition coefficient (Wildman–Crippen LogP) is 5.44. The lowest BCUT2D eigenvalue weighted by Gasteiger charge is -2.26. The van der Waals surface area contributed by atoms with Gasteiger partial charge in [-0.1, -0.05) is 60.2 Å². The Balaban J connectivity index is 2.19. The van der Waals surface area contributed by atoms with Crippen LogP contribution < -0.4 is 0 Å². The van der Waals surface area contributed by atoms with Crippen LogP contribution >= 0.6 is 7.60 Å². The smallest absolute Gasteiger partial charge is 0.338 e. The van der Waals surface area contributed by atoms with Crippen LogP contribution in [0.1, 0.15) is 42.6 Å². The Morgan fingerprint density at radius 2 is 1.56 bits per heavy atom. The van der Waals surface area contributed by atoms with E-state index in [-0.39, 0.29) is 26.2 Å². The minimum absolute atomic E-state index is 0.0762. The number of carbonyl (C=O) groups excluding carboxylic acids is 1. The van der Waals surface area contributed by atoms with Crippen molar-refractivity contribution < 1.29 is 23.1 Å². The third-order valence-corrected chi connectivity index (χ3v) is 6.54. The Kier molecular flexibility index (Phi) is 8.23. The molecule has 0 aliphatic rings. The number of carbonyl (C=O) groups is 1. The van der Waals surface area contributed by atoms with Gasteiger partial charge in [0.15, 0.2) is 0 Å². The van der Waals surface area contributed by atoms with E-state index in [0.29, 0.717) is 0 Å². The number of aryl methyl sites for hydroxylation is 1. The fourth-order valence-electron chi connectivity index (χ4n) is 2.73. The minimum atomic E-state index is -3.52. The van der Waals surface area contributed by atoms with Gasteiger partial charge in [-0.3, -0.25) is 9.36 Å². The fourth-order valence-corrected chi connectivity index (χ4v) is 4.80. The van der Waals surface area contributed by atoms with E-state index < -0.39 is 19.2 Å². The number of rotatable bonds is 10. The maximum atomic E-state index is 13.4. The maximum Gasteiger partial charge on any atom is 0.338 e. The summed E-state index contributed by atoms with van der Waals surface area (Å²) >= 11 is 0. The summed E-state index contributed by atoms with van der Waals surface area (Å²) in [6.45, 7) is 6.13. The molecule has 0 saturated carbocycles. The van der Waals surface area contributed by atoms with E-state index in [0.717, 1.165) is 16.7 Å². The lowest BCUT2D eigenvalue weighted by Crippen LogP contribution is -2.14. The molecule has 2 aromatic carbocycles. The quantitative estimate of drug-likeness (QED) is 0.400. The number of hydrogen-bond donors (Lipinski definition) is 0. The molecule has 1 atom stereocenters. The Morgan fingerprint density at radius 1 is 0.963 bits per heavy atom. The summed E-state index contributed by atoms with van der Waals surface area (Å²) in [5.74, 6) is -0.441. The van der Waals surface area contributed by atoms with Crippen LogP contribution in [0.3, 0.4) is 0 Å². The average molecular weight is 390 g/mol. The highest BCUT2D eigenvalue weighted by atomic mass is 31.2. The highest BCUT2D eigenvalue weighted by Gasteiger charge is 2.38. The van der Waals surface area contributed by atoms with Gasteiger partial charge in [-0.2, -0.15) is 0 Å². The van der Waals surface area contributed by atoms with Crippen LogP contribution in [0.5, 0.6) is 0 Å². The molecule has 5 nitrogen and oxygen atoms in total. The first kappa shape index (κ1) is 21.4. The van der Waals surface area contributed by atoms with Crippen molar-refractivity contribution in [2.45, 2.75) is 39.5 Å². The molecule has 0 spiro atoms. The molecular formula is C21H27O5P. The zero-order valence-electron chi connectivity index (χ0n) is 16.1. The third kappa shape index (κ3) is 6.31. The molecule has 0 radical (unpaired) electrons. The van der Waals surface area contributed by atoms with Gasteiger partial charge < -0.3 is 13.8 Å². The first-order valence-corrected chi connectivity index (χ1v) is 10.7. The zero-order chi connectivity index (χ0) is 19.7.